The lowest BCUT2D eigenvalue weighted by molar-refractivity contribution is -0.113. The number of nitrogens with zero attached hydrogens (tertiary/aromatic N) is 3. The predicted molar refractivity (Wildman–Crippen MR) is 122 cm³/mol. The first-order valence-corrected chi connectivity index (χ1v) is 11.2. The zero-order valence-electron chi connectivity index (χ0n) is 17.9. The minimum atomic E-state index is -0.0855. The van der Waals surface area contributed by atoms with Crippen molar-refractivity contribution in [3.63, 3.8) is 0 Å². The fraction of sp³-hybridized carbons (Fsp3) is 0.348. The van der Waals surface area contributed by atoms with E-state index in [0.29, 0.717) is 12.5 Å². The molecule has 0 aliphatic heterocycles. The SMILES string of the molecule is CCOc1ccc(NC(=O)CSc2nnc(-c3ccc(C(C)C)cc3)n2CC)cc1. The summed E-state index contributed by atoms with van der Waals surface area (Å²) in [6.07, 6.45) is 0. The van der Waals surface area contributed by atoms with Crippen molar-refractivity contribution in [1.29, 1.82) is 0 Å². The maximum absolute atomic E-state index is 12.4. The summed E-state index contributed by atoms with van der Waals surface area (Å²) in [5.41, 5.74) is 3.06. The summed E-state index contributed by atoms with van der Waals surface area (Å²) in [5.74, 6) is 2.27. The van der Waals surface area contributed by atoms with Gasteiger partial charge < -0.3 is 14.6 Å². The molecule has 0 aliphatic rings. The second-order valence-electron chi connectivity index (χ2n) is 7.12. The molecule has 7 heteroatoms. The second kappa shape index (κ2) is 10.3. The normalized spacial score (nSPS) is 11.0. The molecule has 3 aromatic rings. The van der Waals surface area contributed by atoms with Crippen molar-refractivity contribution in [2.45, 2.75) is 45.3 Å². The molecular weight excluding hydrogens is 396 g/mol. The van der Waals surface area contributed by atoms with Gasteiger partial charge in [0.25, 0.3) is 0 Å². The molecule has 0 bridgehead atoms. The Kier molecular flexibility index (Phi) is 7.52. The Bertz CT molecular complexity index is 966. The van der Waals surface area contributed by atoms with Gasteiger partial charge in [-0.15, -0.1) is 10.2 Å². The van der Waals surface area contributed by atoms with E-state index in [1.807, 2.05) is 35.8 Å². The lowest BCUT2D eigenvalue weighted by Crippen LogP contribution is -2.14. The topological polar surface area (TPSA) is 69.0 Å². The maximum atomic E-state index is 12.4. The van der Waals surface area contributed by atoms with Crippen LogP contribution < -0.4 is 10.1 Å². The highest BCUT2D eigenvalue weighted by molar-refractivity contribution is 7.99. The minimum absolute atomic E-state index is 0.0855. The van der Waals surface area contributed by atoms with Crippen LogP contribution in [-0.4, -0.2) is 33.0 Å². The van der Waals surface area contributed by atoms with E-state index in [1.54, 1.807) is 0 Å². The molecule has 2 aromatic carbocycles. The number of amides is 1. The number of benzene rings is 2. The number of carbonyl (C=O) groups is 1. The van der Waals surface area contributed by atoms with Gasteiger partial charge in [-0.2, -0.15) is 0 Å². The molecule has 158 valence electrons. The molecule has 1 aromatic heterocycles. The lowest BCUT2D eigenvalue weighted by Gasteiger charge is -2.09. The van der Waals surface area contributed by atoms with Gasteiger partial charge in [-0.05, 0) is 49.6 Å². The molecule has 1 N–H and O–H groups in total. The predicted octanol–water partition coefficient (Wildman–Crippen LogP) is 5.22. The van der Waals surface area contributed by atoms with Crippen LogP contribution in [0.15, 0.2) is 53.7 Å². The van der Waals surface area contributed by atoms with Crippen molar-refractivity contribution < 1.29 is 9.53 Å². The van der Waals surface area contributed by atoms with Crippen LogP contribution in [-0.2, 0) is 11.3 Å². The molecule has 6 nitrogen and oxygen atoms in total. The van der Waals surface area contributed by atoms with Crippen LogP contribution >= 0.6 is 11.8 Å². The summed E-state index contributed by atoms with van der Waals surface area (Å²) in [4.78, 5) is 12.4. The van der Waals surface area contributed by atoms with Gasteiger partial charge in [0.2, 0.25) is 5.91 Å². The third-order valence-electron chi connectivity index (χ3n) is 4.65. The quantitative estimate of drug-likeness (QED) is 0.477. The molecule has 3 rings (SSSR count). The van der Waals surface area contributed by atoms with Gasteiger partial charge in [-0.3, -0.25) is 4.79 Å². The van der Waals surface area contributed by atoms with Crippen molar-refractivity contribution in [2.75, 3.05) is 17.7 Å². The molecule has 0 saturated carbocycles. The Labute approximate surface area is 182 Å². The number of nitrogens with one attached hydrogen (secondary N) is 1. The zero-order valence-corrected chi connectivity index (χ0v) is 18.7. The highest BCUT2D eigenvalue weighted by atomic mass is 32.2. The summed E-state index contributed by atoms with van der Waals surface area (Å²) in [5, 5.41) is 12.3. The standard InChI is InChI=1S/C23H28N4O2S/c1-5-27-22(18-9-7-17(8-10-18)16(3)4)25-26-23(27)30-15-21(28)24-19-11-13-20(14-12-19)29-6-2/h7-14,16H,5-6,15H2,1-4H3,(H,24,28). The fourth-order valence-corrected chi connectivity index (χ4v) is 3.84. The van der Waals surface area contributed by atoms with E-state index in [1.165, 1.54) is 17.3 Å². The molecule has 30 heavy (non-hydrogen) atoms. The van der Waals surface area contributed by atoms with E-state index < -0.39 is 0 Å². The molecular formula is C23H28N4O2S. The van der Waals surface area contributed by atoms with E-state index in [9.17, 15) is 4.79 Å². The number of anilines is 1. The molecule has 0 aliphatic carbocycles. The van der Waals surface area contributed by atoms with Crippen LogP contribution in [0.25, 0.3) is 11.4 Å². The summed E-state index contributed by atoms with van der Waals surface area (Å²) in [6, 6.07) is 15.8. The van der Waals surface area contributed by atoms with Gasteiger partial charge in [0.1, 0.15) is 5.75 Å². The largest absolute Gasteiger partial charge is 0.494 e. The minimum Gasteiger partial charge on any atom is -0.494 e. The Morgan fingerprint density at radius 2 is 1.77 bits per heavy atom. The highest BCUT2D eigenvalue weighted by Gasteiger charge is 2.15. The van der Waals surface area contributed by atoms with Gasteiger partial charge in [-0.1, -0.05) is 49.9 Å². The first-order valence-electron chi connectivity index (χ1n) is 10.2. The second-order valence-corrected chi connectivity index (χ2v) is 8.06. The Hall–Kier alpha value is -2.80. The number of thioether (sulfide) groups is 1. The summed E-state index contributed by atoms with van der Waals surface area (Å²) in [7, 11) is 0. The van der Waals surface area contributed by atoms with Gasteiger partial charge in [-0.25, -0.2) is 0 Å². The molecule has 0 unspecified atom stereocenters. The number of hydrogen-bond acceptors (Lipinski definition) is 5. The van der Waals surface area contributed by atoms with Crippen LogP contribution in [0.3, 0.4) is 0 Å². The van der Waals surface area contributed by atoms with Crippen LogP contribution in [0.5, 0.6) is 5.75 Å². The molecule has 0 saturated heterocycles. The number of rotatable bonds is 9. The fourth-order valence-electron chi connectivity index (χ4n) is 3.04. The first kappa shape index (κ1) is 21.9. The summed E-state index contributed by atoms with van der Waals surface area (Å²) in [6.45, 7) is 9.70. The average Bonchev–Trinajstić information content (AvgIpc) is 3.17. The van der Waals surface area contributed by atoms with Gasteiger partial charge in [0, 0.05) is 17.8 Å². The van der Waals surface area contributed by atoms with Gasteiger partial charge in [0.05, 0.1) is 12.4 Å². The van der Waals surface area contributed by atoms with Crippen LogP contribution in [0.2, 0.25) is 0 Å². The van der Waals surface area contributed by atoms with Crippen LogP contribution in [0.4, 0.5) is 5.69 Å². The van der Waals surface area contributed by atoms with Crippen molar-refractivity contribution in [3.8, 4) is 17.1 Å². The summed E-state index contributed by atoms with van der Waals surface area (Å²) < 4.78 is 7.46. The lowest BCUT2D eigenvalue weighted by atomic mass is 10.0. The van der Waals surface area contributed by atoms with Crippen LogP contribution in [0, 0.1) is 0 Å². The number of aromatic nitrogens is 3. The van der Waals surface area contributed by atoms with E-state index in [0.717, 1.165) is 34.5 Å². The van der Waals surface area contributed by atoms with Crippen molar-refractivity contribution in [1.82, 2.24) is 14.8 Å². The molecule has 0 radical (unpaired) electrons. The van der Waals surface area contributed by atoms with E-state index in [2.05, 4.69) is 60.6 Å². The Morgan fingerprint density at radius 3 is 2.37 bits per heavy atom. The third kappa shape index (κ3) is 5.42. The molecule has 0 atom stereocenters. The summed E-state index contributed by atoms with van der Waals surface area (Å²) >= 11 is 1.39. The Morgan fingerprint density at radius 1 is 1.07 bits per heavy atom. The van der Waals surface area contributed by atoms with Crippen molar-refractivity contribution >= 4 is 23.4 Å². The van der Waals surface area contributed by atoms with E-state index in [-0.39, 0.29) is 11.7 Å². The number of ether oxygens (including phenoxy) is 1. The van der Waals surface area contributed by atoms with Crippen LogP contribution in [0.1, 0.15) is 39.2 Å². The average molecular weight is 425 g/mol. The molecule has 1 amide bonds. The van der Waals surface area contributed by atoms with E-state index in [4.69, 9.17) is 4.74 Å². The van der Waals surface area contributed by atoms with Crippen molar-refractivity contribution in [3.05, 3.63) is 54.1 Å². The number of carbonyl (C=O) groups excluding carboxylic acids is 1. The van der Waals surface area contributed by atoms with Crippen molar-refractivity contribution in [2.24, 2.45) is 0 Å². The monoisotopic (exact) mass is 424 g/mol. The smallest absolute Gasteiger partial charge is 0.234 e. The molecule has 0 spiro atoms. The maximum Gasteiger partial charge on any atom is 0.234 e. The van der Waals surface area contributed by atoms with Gasteiger partial charge in [0.15, 0.2) is 11.0 Å². The molecule has 0 fully saturated rings. The first-order chi connectivity index (χ1) is 14.5. The Balaban J connectivity index is 1.63. The van der Waals surface area contributed by atoms with E-state index >= 15 is 0 Å². The number of hydrogen-bond donors (Lipinski definition) is 1. The molecule has 1 heterocycles. The van der Waals surface area contributed by atoms with Gasteiger partial charge >= 0.3 is 0 Å². The third-order valence-corrected chi connectivity index (χ3v) is 5.62. The highest BCUT2D eigenvalue weighted by Crippen LogP contribution is 2.26. The zero-order chi connectivity index (χ0) is 21.5.